The molecule has 0 amide bonds. The Labute approximate surface area is 144 Å². The molecule has 1 aromatic carbocycles. The van der Waals surface area contributed by atoms with Crippen molar-refractivity contribution >= 4 is 35.0 Å². The maximum Gasteiger partial charge on any atom is 0.167 e. The second kappa shape index (κ2) is 6.26. The molecule has 0 saturated heterocycles. The lowest BCUT2D eigenvalue weighted by Crippen LogP contribution is -1.95. The Balaban J connectivity index is 2.28. The van der Waals surface area contributed by atoms with Crippen LogP contribution >= 0.6 is 23.2 Å². The summed E-state index contributed by atoms with van der Waals surface area (Å²) in [5.74, 6) is 0.505. The van der Waals surface area contributed by atoms with Gasteiger partial charge in [0.1, 0.15) is 5.75 Å². The number of halogens is 2. The molecule has 0 spiro atoms. The number of carbonyl (C=O) groups excluding carboxylic acids is 1. The van der Waals surface area contributed by atoms with Crippen molar-refractivity contribution in [1.29, 1.82) is 0 Å². The number of aryl methyl sites for hydroxylation is 1. The van der Waals surface area contributed by atoms with Gasteiger partial charge in [0.25, 0.3) is 0 Å². The quantitative estimate of drug-likeness (QED) is 0.599. The van der Waals surface area contributed by atoms with E-state index in [1.807, 2.05) is 22.7 Å². The Morgan fingerprint density at radius 3 is 2.57 bits per heavy atom. The number of aromatic nitrogens is 1. The van der Waals surface area contributed by atoms with E-state index in [1.165, 1.54) is 7.11 Å². The summed E-state index contributed by atoms with van der Waals surface area (Å²) in [4.78, 5) is 11.7. The van der Waals surface area contributed by atoms with Crippen LogP contribution < -0.4 is 4.74 Å². The average molecular weight is 348 g/mol. The summed E-state index contributed by atoms with van der Waals surface area (Å²) in [7, 11) is 1.53. The van der Waals surface area contributed by atoms with E-state index < -0.39 is 0 Å². The van der Waals surface area contributed by atoms with E-state index in [1.54, 1.807) is 12.1 Å². The van der Waals surface area contributed by atoms with Crippen LogP contribution in [-0.4, -0.2) is 17.8 Å². The zero-order chi connectivity index (χ0) is 16.6. The van der Waals surface area contributed by atoms with E-state index in [0.29, 0.717) is 27.1 Å². The minimum absolute atomic E-state index is 0.452. The Kier molecular flexibility index (Phi) is 4.33. The smallest absolute Gasteiger partial charge is 0.167 e. The molecule has 0 aliphatic heterocycles. The number of hydrogen-bond donors (Lipinski definition) is 0. The monoisotopic (exact) mass is 347 g/mol. The fourth-order valence-corrected chi connectivity index (χ4v) is 3.17. The van der Waals surface area contributed by atoms with Gasteiger partial charge < -0.3 is 9.14 Å². The molecule has 0 aliphatic rings. The lowest BCUT2D eigenvalue weighted by atomic mass is 10.1. The first-order chi connectivity index (χ1) is 11.1. The second-order valence-corrected chi connectivity index (χ2v) is 6.03. The van der Waals surface area contributed by atoms with Crippen molar-refractivity contribution in [2.45, 2.75) is 13.3 Å². The van der Waals surface area contributed by atoms with Crippen LogP contribution in [0.15, 0.2) is 36.5 Å². The zero-order valence-corrected chi connectivity index (χ0v) is 14.3. The Bertz CT molecular complexity index is 900. The number of rotatable bonds is 4. The van der Waals surface area contributed by atoms with Gasteiger partial charge in [0.15, 0.2) is 6.29 Å². The van der Waals surface area contributed by atoms with E-state index in [0.717, 1.165) is 29.4 Å². The molecule has 0 bridgehead atoms. The first kappa shape index (κ1) is 15.9. The number of carbonyl (C=O) groups is 1. The highest BCUT2D eigenvalue weighted by Crippen LogP contribution is 2.38. The van der Waals surface area contributed by atoms with E-state index >= 15 is 0 Å². The van der Waals surface area contributed by atoms with Gasteiger partial charge in [-0.25, -0.2) is 0 Å². The van der Waals surface area contributed by atoms with E-state index in [2.05, 4.69) is 13.0 Å². The van der Waals surface area contributed by atoms with Gasteiger partial charge in [0.2, 0.25) is 0 Å². The molecule has 3 rings (SSSR count). The molecule has 2 heterocycles. The van der Waals surface area contributed by atoms with Crippen LogP contribution in [0.2, 0.25) is 10.0 Å². The third kappa shape index (κ3) is 2.71. The van der Waals surface area contributed by atoms with Crippen molar-refractivity contribution in [2.75, 3.05) is 7.11 Å². The largest absolute Gasteiger partial charge is 0.495 e. The molecule has 0 radical (unpaired) electrons. The standard InChI is InChI=1S/C18H15Cl2NO2/c1-3-11-4-5-12-6-14(17(10-22)21(12)9-11)13-7-16(20)18(23-2)8-15(13)19/h4-10H,3H2,1-2H3. The molecule has 0 atom stereocenters. The van der Waals surface area contributed by atoms with Crippen molar-refractivity contribution in [3.05, 3.63) is 57.8 Å². The highest BCUT2D eigenvalue weighted by Gasteiger charge is 2.16. The topological polar surface area (TPSA) is 30.7 Å². The summed E-state index contributed by atoms with van der Waals surface area (Å²) in [5, 5.41) is 0.939. The fraction of sp³-hybridized carbons (Fsp3) is 0.167. The molecule has 0 unspecified atom stereocenters. The van der Waals surface area contributed by atoms with Crippen molar-refractivity contribution in [3.8, 4) is 16.9 Å². The van der Waals surface area contributed by atoms with Gasteiger partial charge in [-0.1, -0.05) is 36.2 Å². The molecular formula is C18H15Cl2NO2. The second-order valence-electron chi connectivity index (χ2n) is 5.21. The lowest BCUT2D eigenvalue weighted by Gasteiger charge is -2.09. The van der Waals surface area contributed by atoms with Crippen LogP contribution in [0.1, 0.15) is 23.0 Å². The third-order valence-corrected chi connectivity index (χ3v) is 4.53. The molecule has 0 saturated carbocycles. The summed E-state index contributed by atoms with van der Waals surface area (Å²) in [6, 6.07) is 9.37. The predicted octanol–water partition coefficient (Wildman–Crippen LogP) is 5.30. The van der Waals surface area contributed by atoms with Gasteiger partial charge in [-0.3, -0.25) is 4.79 Å². The first-order valence-electron chi connectivity index (χ1n) is 7.21. The highest BCUT2D eigenvalue weighted by atomic mass is 35.5. The molecule has 0 N–H and O–H groups in total. The number of aldehydes is 1. The summed E-state index contributed by atoms with van der Waals surface area (Å²) in [5.41, 5.74) is 4.10. The number of methoxy groups -OCH3 is 1. The summed E-state index contributed by atoms with van der Waals surface area (Å²) in [6.07, 6.45) is 3.72. The van der Waals surface area contributed by atoms with Gasteiger partial charge in [0.05, 0.1) is 22.8 Å². The molecule has 5 heteroatoms. The van der Waals surface area contributed by atoms with Crippen molar-refractivity contribution < 1.29 is 9.53 Å². The maximum atomic E-state index is 11.7. The number of benzene rings is 1. The summed E-state index contributed by atoms with van der Waals surface area (Å²) < 4.78 is 7.06. The Morgan fingerprint density at radius 1 is 1.13 bits per heavy atom. The minimum Gasteiger partial charge on any atom is -0.495 e. The molecule has 0 aliphatic carbocycles. The Morgan fingerprint density at radius 2 is 1.91 bits per heavy atom. The molecule has 3 aromatic rings. The van der Waals surface area contributed by atoms with Crippen LogP contribution in [0.4, 0.5) is 0 Å². The van der Waals surface area contributed by atoms with Gasteiger partial charge in [-0.15, -0.1) is 0 Å². The molecule has 0 fully saturated rings. The summed E-state index contributed by atoms with van der Waals surface area (Å²) >= 11 is 12.6. The lowest BCUT2D eigenvalue weighted by molar-refractivity contribution is 0.111. The molecule has 23 heavy (non-hydrogen) atoms. The van der Waals surface area contributed by atoms with Crippen LogP contribution in [0, 0.1) is 0 Å². The maximum absolute atomic E-state index is 11.7. The number of fused-ring (bicyclic) bond motifs is 1. The van der Waals surface area contributed by atoms with Crippen molar-refractivity contribution in [3.63, 3.8) is 0 Å². The number of nitrogens with zero attached hydrogens (tertiary/aromatic N) is 1. The van der Waals surface area contributed by atoms with Gasteiger partial charge in [-0.05, 0) is 30.2 Å². The molecule has 3 nitrogen and oxygen atoms in total. The first-order valence-corrected chi connectivity index (χ1v) is 7.97. The van der Waals surface area contributed by atoms with Crippen LogP contribution in [0.3, 0.4) is 0 Å². The van der Waals surface area contributed by atoms with Gasteiger partial charge >= 0.3 is 0 Å². The van der Waals surface area contributed by atoms with Crippen LogP contribution in [0.25, 0.3) is 16.6 Å². The number of pyridine rings is 1. The highest BCUT2D eigenvalue weighted by molar-refractivity contribution is 6.36. The Hall–Kier alpha value is -1.97. The normalized spacial score (nSPS) is 11.0. The van der Waals surface area contributed by atoms with Gasteiger partial charge in [0, 0.05) is 28.9 Å². The van der Waals surface area contributed by atoms with E-state index in [-0.39, 0.29) is 0 Å². The zero-order valence-electron chi connectivity index (χ0n) is 12.8. The molecular weight excluding hydrogens is 333 g/mol. The summed E-state index contributed by atoms with van der Waals surface area (Å²) in [6.45, 7) is 2.08. The fourth-order valence-electron chi connectivity index (χ4n) is 2.67. The average Bonchev–Trinajstić information content (AvgIpc) is 2.93. The van der Waals surface area contributed by atoms with Crippen LogP contribution in [-0.2, 0) is 6.42 Å². The number of ether oxygens (including phenoxy) is 1. The van der Waals surface area contributed by atoms with E-state index in [4.69, 9.17) is 27.9 Å². The SMILES string of the molecule is CCc1ccc2cc(-c3cc(Cl)c(OC)cc3Cl)c(C=O)n2c1. The molecule has 2 aromatic heterocycles. The van der Waals surface area contributed by atoms with Gasteiger partial charge in [-0.2, -0.15) is 0 Å². The predicted molar refractivity (Wildman–Crippen MR) is 94.2 cm³/mol. The third-order valence-electron chi connectivity index (χ3n) is 3.92. The number of hydrogen-bond acceptors (Lipinski definition) is 2. The van der Waals surface area contributed by atoms with Crippen molar-refractivity contribution in [1.82, 2.24) is 4.40 Å². The molecule has 118 valence electrons. The van der Waals surface area contributed by atoms with E-state index in [9.17, 15) is 4.79 Å². The van der Waals surface area contributed by atoms with Crippen LogP contribution in [0.5, 0.6) is 5.75 Å². The minimum atomic E-state index is 0.452. The van der Waals surface area contributed by atoms with Crippen molar-refractivity contribution in [2.24, 2.45) is 0 Å².